The number of hydrogen-bond donors (Lipinski definition) is 1. The molecule has 0 aliphatic carbocycles. The Bertz CT molecular complexity index is 517. The summed E-state index contributed by atoms with van der Waals surface area (Å²) in [6, 6.07) is 8.52. The van der Waals surface area contributed by atoms with Gasteiger partial charge in [-0.25, -0.2) is 0 Å². The van der Waals surface area contributed by atoms with Crippen molar-refractivity contribution < 1.29 is 0 Å². The predicted molar refractivity (Wildman–Crippen MR) is 80.9 cm³/mol. The molecule has 0 amide bonds. The van der Waals surface area contributed by atoms with Gasteiger partial charge in [-0.15, -0.1) is 0 Å². The van der Waals surface area contributed by atoms with Crippen molar-refractivity contribution in [2.45, 2.75) is 33.4 Å². The van der Waals surface area contributed by atoms with Crippen LogP contribution >= 0.6 is 15.9 Å². The van der Waals surface area contributed by atoms with E-state index in [0.29, 0.717) is 0 Å². The van der Waals surface area contributed by atoms with E-state index in [1.165, 1.54) is 17.5 Å². The Hall–Kier alpha value is -1.22. The molecular weight excluding hydrogens is 288 g/mol. The summed E-state index contributed by atoms with van der Waals surface area (Å²) in [6.07, 6.45) is 5.52. The molecule has 0 saturated heterocycles. The maximum atomic E-state index is 3.57. The van der Waals surface area contributed by atoms with Gasteiger partial charge in [0.1, 0.15) is 0 Å². The summed E-state index contributed by atoms with van der Waals surface area (Å²) in [6.45, 7) is 6.25. The molecule has 0 fully saturated rings. The van der Waals surface area contributed by atoms with E-state index in [0.717, 1.165) is 23.2 Å². The van der Waals surface area contributed by atoms with Crippen LogP contribution in [0.15, 0.2) is 41.1 Å². The third kappa shape index (κ3) is 3.39. The molecule has 1 aromatic carbocycles. The van der Waals surface area contributed by atoms with Gasteiger partial charge in [0, 0.05) is 35.6 Å². The molecule has 0 bridgehead atoms. The lowest BCUT2D eigenvalue weighted by Crippen LogP contribution is -2.00. The van der Waals surface area contributed by atoms with Gasteiger partial charge in [-0.1, -0.05) is 13.0 Å². The normalized spacial score (nSPS) is 10.6. The zero-order chi connectivity index (χ0) is 13.0. The summed E-state index contributed by atoms with van der Waals surface area (Å²) in [5.74, 6) is 0. The molecule has 1 heterocycles. The van der Waals surface area contributed by atoms with Gasteiger partial charge >= 0.3 is 0 Å². The molecule has 0 spiro atoms. The Labute approximate surface area is 117 Å². The molecule has 2 rings (SSSR count). The first kappa shape index (κ1) is 13.2. The Kier molecular flexibility index (Phi) is 4.48. The number of aromatic nitrogens is 1. The first-order chi connectivity index (χ1) is 8.69. The Morgan fingerprint density at radius 1 is 1.28 bits per heavy atom. The number of anilines is 1. The zero-order valence-corrected chi connectivity index (χ0v) is 12.5. The average Bonchev–Trinajstić information content (AvgIpc) is 2.79. The summed E-state index contributed by atoms with van der Waals surface area (Å²) in [4.78, 5) is 0. The van der Waals surface area contributed by atoms with Crippen LogP contribution in [0.4, 0.5) is 5.69 Å². The van der Waals surface area contributed by atoms with Crippen LogP contribution in [0.5, 0.6) is 0 Å². The van der Waals surface area contributed by atoms with Gasteiger partial charge in [0.15, 0.2) is 0 Å². The lowest BCUT2D eigenvalue weighted by molar-refractivity contribution is 0.681. The summed E-state index contributed by atoms with van der Waals surface area (Å²) in [5.41, 5.74) is 3.74. The Morgan fingerprint density at radius 2 is 2.11 bits per heavy atom. The first-order valence-electron chi connectivity index (χ1n) is 6.33. The molecule has 2 nitrogen and oxygen atoms in total. The minimum Gasteiger partial charge on any atom is -0.380 e. The number of halogens is 1. The average molecular weight is 307 g/mol. The lowest BCUT2D eigenvalue weighted by Gasteiger charge is -2.08. The largest absolute Gasteiger partial charge is 0.380 e. The second-order valence-electron chi connectivity index (χ2n) is 4.59. The van der Waals surface area contributed by atoms with E-state index in [4.69, 9.17) is 0 Å². The summed E-state index contributed by atoms with van der Waals surface area (Å²) in [7, 11) is 0. The summed E-state index contributed by atoms with van der Waals surface area (Å²) in [5, 5.41) is 3.47. The number of hydrogen-bond acceptors (Lipinski definition) is 1. The Morgan fingerprint density at radius 3 is 2.89 bits per heavy atom. The lowest BCUT2D eigenvalue weighted by atomic mass is 10.2. The molecule has 18 heavy (non-hydrogen) atoms. The smallest absolute Gasteiger partial charge is 0.0489 e. The van der Waals surface area contributed by atoms with Crippen LogP contribution < -0.4 is 5.32 Å². The van der Waals surface area contributed by atoms with Gasteiger partial charge < -0.3 is 9.88 Å². The molecule has 0 radical (unpaired) electrons. The van der Waals surface area contributed by atoms with Crippen molar-refractivity contribution in [3.05, 3.63) is 52.3 Å². The van der Waals surface area contributed by atoms with Crippen molar-refractivity contribution in [2.75, 3.05) is 5.32 Å². The minimum absolute atomic E-state index is 0.860. The highest BCUT2D eigenvalue weighted by molar-refractivity contribution is 9.10. The van der Waals surface area contributed by atoms with Crippen LogP contribution in [0.3, 0.4) is 0 Å². The fraction of sp³-hybridized carbons (Fsp3) is 0.333. The zero-order valence-electron chi connectivity index (χ0n) is 10.9. The number of rotatable bonds is 5. The van der Waals surface area contributed by atoms with E-state index < -0.39 is 0 Å². The van der Waals surface area contributed by atoms with Crippen LogP contribution in [0, 0.1) is 6.92 Å². The van der Waals surface area contributed by atoms with Gasteiger partial charge in [-0.3, -0.25) is 0 Å². The molecule has 1 aromatic heterocycles. The number of aryl methyl sites for hydroxylation is 2. The van der Waals surface area contributed by atoms with Crippen LogP contribution in [0.1, 0.15) is 24.5 Å². The van der Waals surface area contributed by atoms with Crippen molar-refractivity contribution in [3.63, 3.8) is 0 Å². The maximum Gasteiger partial charge on any atom is 0.0489 e. The molecule has 0 unspecified atom stereocenters. The maximum absolute atomic E-state index is 3.57. The van der Waals surface area contributed by atoms with Crippen LogP contribution in [0.25, 0.3) is 0 Å². The molecular formula is C15H19BrN2. The van der Waals surface area contributed by atoms with Gasteiger partial charge in [0.05, 0.1) is 0 Å². The van der Waals surface area contributed by atoms with Crippen molar-refractivity contribution in [2.24, 2.45) is 0 Å². The highest BCUT2D eigenvalue weighted by Gasteiger charge is 2.01. The SMILES string of the molecule is CCCn1ccc(CNc2cc(C)ccc2Br)c1. The van der Waals surface area contributed by atoms with Crippen molar-refractivity contribution in [1.82, 2.24) is 4.57 Å². The first-order valence-corrected chi connectivity index (χ1v) is 7.13. The second kappa shape index (κ2) is 6.10. The molecule has 3 heteroatoms. The van der Waals surface area contributed by atoms with E-state index in [-0.39, 0.29) is 0 Å². The third-order valence-electron chi connectivity index (χ3n) is 2.90. The van der Waals surface area contributed by atoms with E-state index in [1.54, 1.807) is 0 Å². The van der Waals surface area contributed by atoms with E-state index in [2.05, 4.69) is 76.3 Å². The van der Waals surface area contributed by atoms with Gasteiger partial charge in [-0.2, -0.15) is 0 Å². The molecule has 0 aliphatic rings. The van der Waals surface area contributed by atoms with Gasteiger partial charge in [0.25, 0.3) is 0 Å². The predicted octanol–water partition coefficient (Wildman–Crippen LogP) is 4.58. The molecule has 0 atom stereocenters. The van der Waals surface area contributed by atoms with Crippen LogP contribution in [-0.2, 0) is 13.1 Å². The van der Waals surface area contributed by atoms with Crippen molar-refractivity contribution >= 4 is 21.6 Å². The van der Waals surface area contributed by atoms with Crippen molar-refractivity contribution in [1.29, 1.82) is 0 Å². The molecule has 2 aromatic rings. The summed E-state index contributed by atoms with van der Waals surface area (Å²) < 4.78 is 3.35. The Balaban J connectivity index is 1.99. The highest BCUT2D eigenvalue weighted by atomic mass is 79.9. The number of nitrogens with one attached hydrogen (secondary N) is 1. The third-order valence-corrected chi connectivity index (χ3v) is 3.59. The van der Waals surface area contributed by atoms with Crippen LogP contribution in [-0.4, -0.2) is 4.57 Å². The van der Waals surface area contributed by atoms with E-state index in [9.17, 15) is 0 Å². The fourth-order valence-corrected chi connectivity index (χ4v) is 2.35. The van der Waals surface area contributed by atoms with Crippen LogP contribution in [0.2, 0.25) is 0 Å². The van der Waals surface area contributed by atoms with E-state index >= 15 is 0 Å². The monoisotopic (exact) mass is 306 g/mol. The standard InChI is InChI=1S/C15H19BrN2/c1-3-7-18-8-6-13(11-18)10-17-15-9-12(2)4-5-14(15)16/h4-6,8-9,11,17H,3,7,10H2,1-2H3. The molecule has 0 saturated carbocycles. The summed E-state index contributed by atoms with van der Waals surface area (Å²) >= 11 is 3.57. The quantitative estimate of drug-likeness (QED) is 0.855. The van der Waals surface area contributed by atoms with Gasteiger partial charge in [-0.05, 0) is 58.6 Å². The topological polar surface area (TPSA) is 17.0 Å². The van der Waals surface area contributed by atoms with Gasteiger partial charge in [0.2, 0.25) is 0 Å². The van der Waals surface area contributed by atoms with E-state index in [1.807, 2.05) is 0 Å². The van der Waals surface area contributed by atoms with Crippen molar-refractivity contribution in [3.8, 4) is 0 Å². The fourth-order valence-electron chi connectivity index (χ4n) is 1.96. The second-order valence-corrected chi connectivity index (χ2v) is 5.45. The molecule has 1 N–H and O–H groups in total. The molecule has 96 valence electrons. The molecule has 0 aliphatic heterocycles. The highest BCUT2D eigenvalue weighted by Crippen LogP contribution is 2.23. The number of benzene rings is 1. The number of nitrogens with zero attached hydrogens (tertiary/aromatic N) is 1. The minimum atomic E-state index is 0.860.